The number of amides is 2. The van der Waals surface area contributed by atoms with Gasteiger partial charge in [-0.05, 0) is 56.2 Å². The molecule has 1 aromatic carbocycles. The van der Waals surface area contributed by atoms with Gasteiger partial charge < -0.3 is 10.1 Å². The second kappa shape index (κ2) is 9.04. The number of aryl methyl sites for hydroxylation is 1. The van der Waals surface area contributed by atoms with Crippen LogP contribution in [0.3, 0.4) is 0 Å². The number of ether oxygens (including phenoxy) is 1. The number of hydrogen-bond donors (Lipinski definition) is 1. The van der Waals surface area contributed by atoms with Crippen LogP contribution < -0.4 is 15.0 Å². The molecule has 1 N–H and O–H groups in total. The molecule has 5 nitrogen and oxygen atoms in total. The fourth-order valence-corrected chi connectivity index (χ4v) is 4.21. The van der Waals surface area contributed by atoms with Gasteiger partial charge in [0.05, 0.1) is 12.0 Å². The van der Waals surface area contributed by atoms with E-state index in [1.807, 2.05) is 31.2 Å². The highest BCUT2D eigenvalue weighted by molar-refractivity contribution is 7.14. The van der Waals surface area contributed by atoms with Gasteiger partial charge in [0.25, 0.3) is 5.91 Å². The van der Waals surface area contributed by atoms with Gasteiger partial charge in [0.15, 0.2) is 0 Å². The second-order valence-corrected chi connectivity index (χ2v) is 8.19. The quantitative estimate of drug-likeness (QED) is 0.811. The summed E-state index contributed by atoms with van der Waals surface area (Å²) in [6.45, 7) is 1.98. The van der Waals surface area contributed by atoms with E-state index in [1.165, 1.54) is 17.8 Å². The van der Waals surface area contributed by atoms with Crippen molar-refractivity contribution in [2.24, 2.45) is 0 Å². The Balaban J connectivity index is 1.77. The zero-order chi connectivity index (χ0) is 19.2. The van der Waals surface area contributed by atoms with Crippen LogP contribution in [0.25, 0.3) is 0 Å². The predicted molar refractivity (Wildman–Crippen MR) is 109 cm³/mol. The monoisotopic (exact) mass is 386 g/mol. The van der Waals surface area contributed by atoms with Gasteiger partial charge in [0.1, 0.15) is 12.3 Å². The van der Waals surface area contributed by atoms with Crippen molar-refractivity contribution < 1.29 is 14.3 Å². The largest absolute Gasteiger partial charge is 0.497 e. The lowest BCUT2D eigenvalue weighted by Crippen LogP contribution is -2.44. The predicted octanol–water partition coefficient (Wildman–Crippen LogP) is 4.16. The van der Waals surface area contributed by atoms with Gasteiger partial charge in [-0.3, -0.25) is 14.5 Å². The molecule has 1 heterocycles. The Morgan fingerprint density at radius 1 is 1.11 bits per heavy atom. The van der Waals surface area contributed by atoms with E-state index in [-0.39, 0.29) is 24.4 Å². The lowest BCUT2D eigenvalue weighted by molar-refractivity contribution is -0.120. The summed E-state index contributed by atoms with van der Waals surface area (Å²) in [6.07, 6.45) is 5.58. The minimum absolute atomic E-state index is 0.0125. The number of nitrogens with zero attached hydrogens (tertiary/aromatic N) is 1. The van der Waals surface area contributed by atoms with Crippen LogP contribution in [0.4, 0.5) is 5.69 Å². The van der Waals surface area contributed by atoms with Crippen molar-refractivity contribution in [2.45, 2.75) is 45.1 Å². The number of benzene rings is 1. The Morgan fingerprint density at radius 3 is 2.41 bits per heavy atom. The van der Waals surface area contributed by atoms with E-state index in [9.17, 15) is 9.59 Å². The van der Waals surface area contributed by atoms with Crippen LogP contribution in [-0.4, -0.2) is 31.5 Å². The summed E-state index contributed by atoms with van der Waals surface area (Å²) in [5.74, 6) is 0.446. The zero-order valence-electron chi connectivity index (χ0n) is 15.9. The minimum atomic E-state index is -0.155. The first-order chi connectivity index (χ1) is 13.1. The Hall–Kier alpha value is -2.34. The molecule has 1 fully saturated rings. The van der Waals surface area contributed by atoms with E-state index >= 15 is 0 Å². The first kappa shape index (κ1) is 19.4. The molecule has 0 spiro atoms. The van der Waals surface area contributed by atoms with Gasteiger partial charge in [-0.2, -0.15) is 0 Å². The molecule has 1 aliphatic carbocycles. The van der Waals surface area contributed by atoms with E-state index in [1.54, 1.807) is 24.1 Å². The minimum Gasteiger partial charge on any atom is -0.497 e. The lowest BCUT2D eigenvalue weighted by Gasteiger charge is -2.26. The molecule has 1 aromatic heterocycles. The standard InChI is InChI=1S/C21H26N2O3S/c1-15-8-13-19(27-15)21(25)23(17-9-11-18(26-2)12-10-17)14-20(24)22-16-6-4-3-5-7-16/h8-13,16H,3-7,14H2,1-2H3,(H,22,24). The van der Waals surface area contributed by atoms with Crippen molar-refractivity contribution in [3.63, 3.8) is 0 Å². The number of methoxy groups -OCH3 is 1. The summed E-state index contributed by atoms with van der Waals surface area (Å²) >= 11 is 1.44. The van der Waals surface area contributed by atoms with Crippen molar-refractivity contribution >= 4 is 28.8 Å². The third-order valence-corrected chi connectivity index (χ3v) is 5.84. The van der Waals surface area contributed by atoms with Crippen molar-refractivity contribution in [3.8, 4) is 5.75 Å². The van der Waals surface area contributed by atoms with Crippen LogP contribution in [-0.2, 0) is 4.79 Å². The molecular formula is C21H26N2O3S. The number of anilines is 1. The normalized spacial score (nSPS) is 14.6. The Labute approximate surface area is 164 Å². The molecular weight excluding hydrogens is 360 g/mol. The highest BCUT2D eigenvalue weighted by atomic mass is 32.1. The van der Waals surface area contributed by atoms with Gasteiger partial charge >= 0.3 is 0 Å². The summed E-state index contributed by atoms with van der Waals surface area (Å²) < 4.78 is 5.20. The number of nitrogens with one attached hydrogen (secondary N) is 1. The maximum atomic E-state index is 13.1. The van der Waals surface area contributed by atoms with Crippen molar-refractivity contribution in [2.75, 3.05) is 18.6 Å². The second-order valence-electron chi connectivity index (χ2n) is 6.90. The van der Waals surface area contributed by atoms with Crippen LogP contribution >= 0.6 is 11.3 Å². The Kier molecular flexibility index (Phi) is 6.50. The number of thiophene rings is 1. The summed E-state index contributed by atoms with van der Waals surface area (Å²) in [5.41, 5.74) is 0.686. The molecule has 3 rings (SSSR count). The van der Waals surface area contributed by atoms with Crippen LogP contribution in [0.1, 0.15) is 46.7 Å². The average molecular weight is 387 g/mol. The zero-order valence-corrected chi connectivity index (χ0v) is 16.7. The summed E-state index contributed by atoms with van der Waals surface area (Å²) in [6, 6.07) is 11.2. The van der Waals surface area contributed by atoms with Crippen LogP contribution in [0.5, 0.6) is 5.75 Å². The molecule has 0 radical (unpaired) electrons. The van der Waals surface area contributed by atoms with E-state index in [4.69, 9.17) is 4.74 Å². The third kappa shape index (κ3) is 5.10. The molecule has 27 heavy (non-hydrogen) atoms. The van der Waals surface area contributed by atoms with E-state index in [0.29, 0.717) is 16.3 Å². The van der Waals surface area contributed by atoms with Crippen LogP contribution in [0, 0.1) is 6.92 Å². The molecule has 0 unspecified atom stereocenters. The van der Waals surface area contributed by atoms with E-state index in [0.717, 1.165) is 30.6 Å². The molecule has 1 aliphatic rings. The van der Waals surface area contributed by atoms with Crippen molar-refractivity contribution in [1.82, 2.24) is 5.32 Å². The molecule has 0 saturated heterocycles. The molecule has 2 amide bonds. The Morgan fingerprint density at radius 2 is 1.81 bits per heavy atom. The van der Waals surface area contributed by atoms with Crippen molar-refractivity contribution in [3.05, 3.63) is 46.2 Å². The third-order valence-electron chi connectivity index (χ3n) is 4.85. The van der Waals surface area contributed by atoms with E-state index in [2.05, 4.69) is 5.32 Å². The summed E-state index contributed by atoms with van der Waals surface area (Å²) in [7, 11) is 1.60. The summed E-state index contributed by atoms with van der Waals surface area (Å²) in [5, 5.41) is 3.10. The fraction of sp³-hybridized carbons (Fsp3) is 0.429. The topological polar surface area (TPSA) is 58.6 Å². The Bertz CT molecular complexity index is 779. The first-order valence-corrected chi connectivity index (χ1v) is 10.2. The number of rotatable bonds is 6. The maximum Gasteiger partial charge on any atom is 0.268 e. The van der Waals surface area contributed by atoms with Crippen LogP contribution in [0.15, 0.2) is 36.4 Å². The fourth-order valence-electron chi connectivity index (χ4n) is 3.39. The van der Waals surface area contributed by atoms with Gasteiger partial charge in [0.2, 0.25) is 5.91 Å². The van der Waals surface area contributed by atoms with Crippen molar-refractivity contribution in [1.29, 1.82) is 0 Å². The smallest absolute Gasteiger partial charge is 0.268 e. The lowest BCUT2D eigenvalue weighted by atomic mass is 9.95. The molecule has 1 saturated carbocycles. The number of carbonyl (C=O) groups excluding carboxylic acids is 2. The first-order valence-electron chi connectivity index (χ1n) is 9.38. The van der Waals surface area contributed by atoms with Gasteiger partial charge in [-0.15, -0.1) is 11.3 Å². The van der Waals surface area contributed by atoms with Crippen LogP contribution in [0.2, 0.25) is 0 Å². The molecule has 2 aromatic rings. The highest BCUT2D eigenvalue weighted by Gasteiger charge is 2.24. The molecule has 6 heteroatoms. The molecule has 0 aliphatic heterocycles. The maximum absolute atomic E-state index is 13.1. The highest BCUT2D eigenvalue weighted by Crippen LogP contribution is 2.24. The van der Waals surface area contributed by atoms with E-state index < -0.39 is 0 Å². The summed E-state index contributed by atoms with van der Waals surface area (Å²) in [4.78, 5) is 28.9. The SMILES string of the molecule is COc1ccc(N(CC(=O)NC2CCCCC2)C(=O)c2ccc(C)s2)cc1. The number of hydrogen-bond acceptors (Lipinski definition) is 4. The molecule has 0 bridgehead atoms. The molecule has 0 atom stereocenters. The average Bonchev–Trinajstić information content (AvgIpc) is 3.13. The van der Waals surface area contributed by atoms with Gasteiger partial charge in [-0.25, -0.2) is 0 Å². The molecule has 144 valence electrons. The van der Waals surface area contributed by atoms with Gasteiger partial charge in [0, 0.05) is 16.6 Å². The van der Waals surface area contributed by atoms with Gasteiger partial charge in [-0.1, -0.05) is 19.3 Å². The number of carbonyl (C=O) groups is 2.